The van der Waals surface area contributed by atoms with Crippen molar-refractivity contribution in [1.82, 2.24) is 9.78 Å². The van der Waals surface area contributed by atoms with Gasteiger partial charge in [0.05, 0.1) is 6.61 Å². The summed E-state index contributed by atoms with van der Waals surface area (Å²) in [4.78, 5) is 11.3. The minimum atomic E-state index is -0.382. The number of rotatable bonds is 3. The first-order chi connectivity index (χ1) is 6.19. The van der Waals surface area contributed by atoms with Gasteiger partial charge in [-0.1, -0.05) is 0 Å². The van der Waals surface area contributed by atoms with E-state index in [9.17, 15) is 4.79 Å². The molecule has 0 saturated heterocycles. The molecule has 0 aromatic carbocycles. The van der Waals surface area contributed by atoms with Crippen LogP contribution in [-0.4, -0.2) is 22.4 Å². The SMILES string of the molecule is CCOC(=O)c1nn(C)cc1CS. The number of thiol groups is 1. The molecular weight excluding hydrogens is 188 g/mol. The van der Waals surface area contributed by atoms with E-state index in [0.717, 1.165) is 5.56 Å². The lowest BCUT2D eigenvalue weighted by atomic mass is 10.3. The van der Waals surface area contributed by atoms with Gasteiger partial charge in [-0.15, -0.1) is 0 Å². The van der Waals surface area contributed by atoms with Crippen molar-refractivity contribution in [2.24, 2.45) is 7.05 Å². The summed E-state index contributed by atoms with van der Waals surface area (Å²) in [5, 5.41) is 3.99. The minimum Gasteiger partial charge on any atom is -0.461 e. The van der Waals surface area contributed by atoms with E-state index in [1.54, 1.807) is 24.9 Å². The van der Waals surface area contributed by atoms with Gasteiger partial charge in [0.2, 0.25) is 0 Å². The van der Waals surface area contributed by atoms with Crippen LogP contribution in [0.1, 0.15) is 23.0 Å². The van der Waals surface area contributed by atoms with E-state index in [1.165, 1.54) is 0 Å². The highest BCUT2D eigenvalue weighted by Crippen LogP contribution is 2.10. The molecule has 0 aliphatic heterocycles. The van der Waals surface area contributed by atoms with Crippen LogP contribution < -0.4 is 0 Å². The third-order valence-corrected chi connectivity index (χ3v) is 1.88. The lowest BCUT2D eigenvalue weighted by molar-refractivity contribution is 0.0517. The number of nitrogens with zero attached hydrogens (tertiary/aromatic N) is 2. The first-order valence-electron chi connectivity index (χ1n) is 3.99. The van der Waals surface area contributed by atoms with Crippen molar-refractivity contribution in [2.45, 2.75) is 12.7 Å². The molecule has 0 N–H and O–H groups in total. The van der Waals surface area contributed by atoms with E-state index in [2.05, 4.69) is 17.7 Å². The molecule has 72 valence electrons. The first-order valence-corrected chi connectivity index (χ1v) is 4.62. The molecule has 1 aromatic rings. The van der Waals surface area contributed by atoms with E-state index < -0.39 is 0 Å². The Morgan fingerprint density at radius 3 is 3.00 bits per heavy atom. The number of aryl methyl sites for hydroxylation is 1. The zero-order valence-electron chi connectivity index (χ0n) is 7.65. The zero-order valence-corrected chi connectivity index (χ0v) is 8.54. The highest BCUT2D eigenvalue weighted by Gasteiger charge is 2.15. The van der Waals surface area contributed by atoms with E-state index in [-0.39, 0.29) is 5.97 Å². The fourth-order valence-corrected chi connectivity index (χ4v) is 1.26. The Hall–Kier alpha value is -0.970. The first kappa shape index (κ1) is 10.1. The molecule has 13 heavy (non-hydrogen) atoms. The second-order valence-electron chi connectivity index (χ2n) is 2.56. The van der Waals surface area contributed by atoms with Crippen LogP contribution in [0.15, 0.2) is 6.20 Å². The summed E-state index contributed by atoms with van der Waals surface area (Å²) in [6.45, 7) is 2.13. The number of carbonyl (C=O) groups is 1. The molecule has 0 fully saturated rings. The summed E-state index contributed by atoms with van der Waals surface area (Å²) in [6.07, 6.45) is 1.76. The van der Waals surface area contributed by atoms with Crippen LogP contribution in [0.2, 0.25) is 0 Å². The maximum absolute atomic E-state index is 11.3. The predicted molar refractivity (Wildman–Crippen MR) is 51.9 cm³/mol. The standard InChI is InChI=1S/C8H12N2O2S/c1-3-12-8(11)7-6(5-13)4-10(2)9-7/h4,13H,3,5H2,1-2H3. The van der Waals surface area contributed by atoms with E-state index in [4.69, 9.17) is 4.74 Å². The molecule has 0 spiro atoms. The van der Waals surface area contributed by atoms with Crippen molar-refractivity contribution >= 4 is 18.6 Å². The Balaban J connectivity index is 2.91. The number of hydrogen-bond acceptors (Lipinski definition) is 4. The van der Waals surface area contributed by atoms with Crippen LogP contribution in [0.3, 0.4) is 0 Å². The monoisotopic (exact) mass is 200 g/mol. The number of aromatic nitrogens is 2. The third-order valence-electron chi connectivity index (χ3n) is 1.54. The van der Waals surface area contributed by atoms with Crippen molar-refractivity contribution < 1.29 is 9.53 Å². The summed E-state index contributed by atoms with van der Waals surface area (Å²) in [7, 11) is 1.76. The largest absolute Gasteiger partial charge is 0.461 e. The summed E-state index contributed by atoms with van der Waals surface area (Å²) in [5.41, 5.74) is 1.16. The predicted octanol–water partition coefficient (Wildman–Crippen LogP) is 1.03. The van der Waals surface area contributed by atoms with Gasteiger partial charge in [-0.3, -0.25) is 4.68 Å². The van der Waals surface area contributed by atoms with Crippen LogP contribution in [0.25, 0.3) is 0 Å². The molecule has 1 rings (SSSR count). The Labute approximate surface area is 82.3 Å². The number of esters is 1. The molecule has 1 aromatic heterocycles. The van der Waals surface area contributed by atoms with Gasteiger partial charge in [0.25, 0.3) is 0 Å². The van der Waals surface area contributed by atoms with Crippen molar-refractivity contribution in [3.8, 4) is 0 Å². The molecule has 0 amide bonds. The molecule has 0 aliphatic carbocycles. The Bertz CT molecular complexity index is 309. The molecule has 1 heterocycles. The highest BCUT2D eigenvalue weighted by molar-refractivity contribution is 7.79. The topological polar surface area (TPSA) is 44.1 Å². The number of ether oxygens (including phenoxy) is 1. The lowest BCUT2D eigenvalue weighted by Crippen LogP contribution is -2.08. The van der Waals surface area contributed by atoms with Crippen molar-refractivity contribution in [2.75, 3.05) is 6.61 Å². The second-order valence-corrected chi connectivity index (χ2v) is 2.87. The highest BCUT2D eigenvalue weighted by atomic mass is 32.1. The Morgan fingerprint density at radius 1 is 1.77 bits per heavy atom. The van der Waals surface area contributed by atoms with E-state index in [1.807, 2.05) is 0 Å². The summed E-state index contributed by atoms with van der Waals surface area (Å²) < 4.78 is 6.42. The smallest absolute Gasteiger partial charge is 0.359 e. The quantitative estimate of drug-likeness (QED) is 0.585. The molecule has 0 radical (unpaired) electrons. The molecule has 4 nitrogen and oxygen atoms in total. The maximum atomic E-state index is 11.3. The van der Waals surface area contributed by atoms with Gasteiger partial charge in [-0.25, -0.2) is 4.79 Å². The van der Waals surface area contributed by atoms with Crippen molar-refractivity contribution in [3.63, 3.8) is 0 Å². The van der Waals surface area contributed by atoms with Crippen LogP contribution in [0.5, 0.6) is 0 Å². The molecule has 0 bridgehead atoms. The van der Waals surface area contributed by atoms with E-state index in [0.29, 0.717) is 18.1 Å². The van der Waals surface area contributed by atoms with Crippen molar-refractivity contribution in [3.05, 3.63) is 17.5 Å². The third kappa shape index (κ3) is 2.24. The van der Waals surface area contributed by atoms with Gasteiger partial charge < -0.3 is 4.74 Å². The minimum absolute atomic E-state index is 0.361. The average molecular weight is 200 g/mol. The Kier molecular flexibility index (Phi) is 3.36. The number of hydrogen-bond donors (Lipinski definition) is 1. The zero-order chi connectivity index (χ0) is 9.84. The molecular formula is C8H12N2O2S. The summed E-state index contributed by atoms with van der Waals surface area (Å²) in [6, 6.07) is 0. The maximum Gasteiger partial charge on any atom is 0.359 e. The van der Waals surface area contributed by atoms with Crippen LogP contribution in [0.4, 0.5) is 0 Å². The summed E-state index contributed by atoms with van der Waals surface area (Å²) >= 11 is 4.09. The van der Waals surface area contributed by atoms with Crippen LogP contribution in [-0.2, 0) is 17.5 Å². The second kappa shape index (κ2) is 4.32. The molecule has 0 saturated carbocycles. The summed E-state index contributed by atoms with van der Waals surface area (Å²) in [5.74, 6) is 0.106. The van der Waals surface area contributed by atoms with Crippen molar-refractivity contribution in [1.29, 1.82) is 0 Å². The molecule has 0 aliphatic rings. The van der Waals surface area contributed by atoms with Gasteiger partial charge in [-0.2, -0.15) is 17.7 Å². The van der Waals surface area contributed by atoms with E-state index >= 15 is 0 Å². The molecule has 0 unspecified atom stereocenters. The fraction of sp³-hybridized carbons (Fsp3) is 0.500. The van der Waals surface area contributed by atoms with Gasteiger partial charge in [0.1, 0.15) is 0 Å². The Morgan fingerprint density at radius 2 is 2.46 bits per heavy atom. The van der Waals surface area contributed by atoms with Crippen LogP contribution in [0, 0.1) is 0 Å². The normalized spacial score (nSPS) is 10.1. The molecule has 0 atom stereocenters. The molecule has 5 heteroatoms. The van der Waals surface area contributed by atoms with Gasteiger partial charge >= 0.3 is 5.97 Å². The lowest BCUT2D eigenvalue weighted by Gasteiger charge is -1.98. The fourth-order valence-electron chi connectivity index (χ4n) is 1.02. The van der Waals surface area contributed by atoms with Gasteiger partial charge in [-0.05, 0) is 6.92 Å². The van der Waals surface area contributed by atoms with Gasteiger partial charge in [0, 0.05) is 24.6 Å². The number of carbonyl (C=O) groups excluding carboxylic acids is 1. The van der Waals surface area contributed by atoms with Crippen LogP contribution >= 0.6 is 12.6 Å². The van der Waals surface area contributed by atoms with Gasteiger partial charge in [0.15, 0.2) is 5.69 Å². The average Bonchev–Trinajstić information content (AvgIpc) is 2.47.